The highest BCUT2D eigenvalue weighted by atomic mass is 32.1. The number of nitrogens with zero attached hydrogens (tertiary/aromatic N) is 2. The van der Waals surface area contributed by atoms with Crippen LogP contribution in [-0.2, 0) is 4.79 Å². The number of furan rings is 1. The SMILES string of the molecule is COc1ccc([C@@H]2C(C(C)=O)=C(C)N=c3s/c(=C/c4ccco4)c(=O)n32)cc1. The molecule has 1 aliphatic rings. The van der Waals surface area contributed by atoms with Gasteiger partial charge in [0.25, 0.3) is 5.56 Å². The van der Waals surface area contributed by atoms with E-state index in [4.69, 9.17) is 9.15 Å². The quantitative estimate of drug-likeness (QED) is 0.681. The lowest BCUT2D eigenvalue weighted by Crippen LogP contribution is -2.39. The zero-order chi connectivity index (χ0) is 19.8. The first-order valence-electron chi connectivity index (χ1n) is 8.70. The number of ketones is 1. The van der Waals surface area contributed by atoms with Gasteiger partial charge in [0.1, 0.15) is 11.5 Å². The number of Topliss-reactive ketones (excluding diaryl/α,β-unsaturated/α-hetero) is 1. The normalized spacial score (nSPS) is 16.7. The van der Waals surface area contributed by atoms with E-state index in [-0.39, 0.29) is 11.3 Å². The lowest BCUT2D eigenvalue weighted by atomic mass is 9.93. The smallest absolute Gasteiger partial charge is 0.271 e. The molecule has 1 aromatic carbocycles. The fourth-order valence-corrected chi connectivity index (χ4v) is 4.40. The minimum atomic E-state index is -0.529. The van der Waals surface area contributed by atoms with Crippen molar-refractivity contribution >= 4 is 23.2 Å². The van der Waals surface area contributed by atoms with E-state index in [0.717, 1.165) is 5.56 Å². The molecule has 0 spiro atoms. The Kier molecular flexibility index (Phi) is 4.60. The second-order valence-corrected chi connectivity index (χ2v) is 7.44. The van der Waals surface area contributed by atoms with Crippen molar-refractivity contribution in [3.63, 3.8) is 0 Å². The maximum Gasteiger partial charge on any atom is 0.271 e. The van der Waals surface area contributed by atoms with Crippen molar-refractivity contribution in [2.75, 3.05) is 7.11 Å². The van der Waals surface area contributed by atoms with Crippen LogP contribution in [0.15, 0.2) is 68.1 Å². The van der Waals surface area contributed by atoms with Gasteiger partial charge in [0.2, 0.25) is 0 Å². The summed E-state index contributed by atoms with van der Waals surface area (Å²) in [7, 11) is 1.60. The summed E-state index contributed by atoms with van der Waals surface area (Å²) in [6.45, 7) is 3.31. The van der Waals surface area contributed by atoms with Gasteiger partial charge in [0, 0.05) is 17.3 Å². The topological polar surface area (TPSA) is 73.8 Å². The van der Waals surface area contributed by atoms with E-state index in [9.17, 15) is 9.59 Å². The summed E-state index contributed by atoms with van der Waals surface area (Å²) in [5, 5.41) is 0. The van der Waals surface area contributed by atoms with Crippen LogP contribution in [0.5, 0.6) is 5.75 Å². The Morgan fingerprint density at radius 2 is 2.04 bits per heavy atom. The number of hydrogen-bond acceptors (Lipinski definition) is 6. The molecule has 1 atom stereocenters. The van der Waals surface area contributed by atoms with Crippen molar-refractivity contribution in [2.24, 2.45) is 4.99 Å². The molecule has 4 rings (SSSR count). The average molecular weight is 394 g/mol. The minimum absolute atomic E-state index is 0.109. The minimum Gasteiger partial charge on any atom is -0.497 e. The predicted octanol–water partition coefficient (Wildman–Crippen LogP) is 2.43. The first-order valence-corrected chi connectivity index (χ1v) is 9.52. The number of aromatic nitrogens is 1. The summed E-state index contributed by atoms with van der Waals surface area (Å²) in [5.74, 6) is 1.19. The summed E-state index contributed by atoms with van der Waals surface area (Å²) >= 11 is 1.28. The molecule has 28 heavy (non-hydrogen) atoms. The van der Waals surface area contributed by atoms with Crippen LogP contribution in [0.25, 0.3) is 6.08 Å². The molecule has 0 fully saturated rings. The maximum absolute atomic E-state index is 13.2. The zero-order valence-corrected chi connectivity index (χ0v) is 16.4. The van der Waals surface area contributed by atoms with Crippen LogP contribution in [0.3, 0.4) is 0 Å². The molecular formula is C21H18N2O4S. The molecule has 1 aliphatic heterocycles. The van der Waals surface area contributed by atoms with Crippen molar-refractivity contribution in [2.45, 2.75) is 19.9 Å². The van der Waals surface area contributed by atoms with Crippen molar-refractivity contribution in [1.29, 1.82) is 0 Å². The second kappa shape index (κ2) is 7.09. The highest BCUT2D eigenvalue weighted by Gasteiger charge is 2.30. The highest BCUT2D eigenvalue weighted by molar-refractivity contribution is 7.07. The number of ether oxygens (including phenoxy) is 1. The number of carbonyl (C=O) groups excluding carboxylic acids is 1. The monoisotopic (exact) mass is 394 g/mol. The molecule has 3 heterocycles. The number of rotatable bonds is 4. The second-order valence-electron chi connectivity index (χ2n) is 6.43. The Balaban J connectivity index is 1.97. The Bertz CT molecular complexity index is 1250. The van der Waals surface area contributed by atoms with Crippen molar-refractivity contribution < 1.29 is 13.9 Å². The number of benzene rings is 1. The molecule has 0 N–H and O–H groups in total. The van der Waals surface area contributed by atoms with Crippen LogP contribution in [0.2, 0.25) is 0 Å². The molecule has 0 saturated heterocycles. The fraction of sp³-hybridized carbons (Fsp3) is 0.190. The number of fused-ring (bicyclic) bond motifs is 1. The van der Waals surface area contributed by atoms with E-state index in [1.165, 1.54) is 18.3 Å². The Hall–Kier alpha value is -3.19. The maximum atomic E-state index is 13.2. The van der Waals surface area contributed by atoms with Gasteiger partial charge in [0.05, 0.1) is 23.9 Å². The fourth-order valence-electron chi connectivity index (χ4n) is 3.37. The zero-order valence-electron chi connectivity index (χ0n) is 15.6. The molecule has 0 saturated carbocycles. The standard InChI is InChI=1S/C21H18N2O4S/c1-12-18(13(2)24)19(14-6-8-15(26-3)9-7-14)23-20(25)17(28-21(23)22-12)11-16-5-4-10-27-16/h4-11,19H,1-3H3/b17-11+/t19-/m1/s1. The highest BCUT2D eigenvalue weighted by Crippen LogP contribution is 2.31. The number of hydrogen-bond donors (Lipinski definition) is 0. The van der Waals surface area contributed by atoms with Gasteiger partial charge in [-0.05, 0) is 43.7 Å². The first-order chi connectivity index (χ1) is 13.5. The van der Waals surface area contributed by atoms with Crippen LogP contribution < -0.4 is 19.6 Å². The molecular weight excluding hydrogens is 376 g/mol. The van der Waals surface area contributed by atoms with Gasteiger partial charge in [-0.25, -0.2) is 4.99 Å². The van der Waals surface area contributed by atoms with Gasteiger partial charge in [-0.1, -0.05) is 23.5 Å². The predicted molar refractivity (Wildman–Crippen MR) is 106 cm³/mol. The van der Waals surface area contributed by atoms with Gasteiger partial charge in [0.15, 0.2) is 10.6 Å². The van der Waals surface area contributed by atoms with Crippen LogP contribution >= 0.6 is 11.3 Å². The largest absolute Gasteiger partial charge is 0.497 e. The molecule has 0 unspecified atom stereocenters. The van der Waals surface area contributed by atoms with E-state index in [2.05, 4.69) is 4.99 Å². The third kappa shape index (κ3) is 3.03. The van der Waals surface area contributed by atoms with Crippen molar-refractivity contribution in [3.05, 3.63) is 84.9 Å². The molecule has 0 aliphatic carbocycles. The Labute approximate surface area is 164 Å². The van der Waals surface area contributed by atoms with Crippen LogP contribution in [-0.4, -0.2) is 17.5 Å². The van der Waals surface area contributed by atoms with Gasteiger partial charge < -0.3 is 9.15 Å². The summed E-state index contributed by atoms with van der Waals surface area (Å²) in [5.41, 5.74) is 1.76. The first kappa shape index (κ1) is 18.2. The van der Waals surface area contributed by atoms with E-state index in [0.29, 0.717) is 32.1 Å². The molecule has 0 radical (unpaired) electrons. The van der Waals surface area contributed by atoms with E-state index >= 15 is 0 Å². The molecule has 3 aromatic rings. The summed E-state index contributed by atoms with van der Waals surface area (Å²) in [6.07, 6.45) is 3.25. The number of methoxy groups -OCH3 is 1. The van der Waals surface area contributed by atoms with Gasteiger partial charge >= 0.3 is 0 Å². The molecule has 142 valence electrons. The molecule has 0 bridgehead atoms. The Morgan fingerprint density at radius 1 is 1.29 bits per heavy atom. The van der Waals surface area contributed by atoms with Crippen molar-refractivity contribution in [1.82, 2.24) is 4.57 Å². The van der Waals surface area contributed by atoms with E-state index in [1.807, 2.05) is 24.3 Å². The molecule has 6 nitrogen and oxygen atoms in total. The van der Waals surface area contributed by atoms with Crippen LogP contribution in [0.1, 0.15) is 31.2 Å². The lowest BCUT2D eigenvalue weighted by Gasteiger charge is -2.24. The number of allylic oxidation sites excluding steroid dienone is 2. The van der Waals surface area contributed by atoms with Crippen LogP contribution in [0, 0.1) is 0 Å². The van der Waals surface area contributed by atoms with Gasteiger partial charge in [-0.3, -0.25) is 14.2 Å². The molecule has 2 aromatic heterocycles. The summed E-state index contributed by atoms with van der Waals surface area (Å²) in [6, 6.07) is 10.4. The molecule has 7 heteroatoms. The third-order valence-corrected chi connectivity index (χ3v) is 5.63. The van der Waals surface area contributed by atoms with E-state index in [1.54, 1.807) is 43.1 Å². The summed E-state index contributed by atoms with van der Waals surface area (Å²) < 4.78 is 12.7. The number of thiazole rings is 1. The van der Waals surface area contributed by atoms with E-state index < -0.39 is 6.04 Å². The van der Waals surface area contributed by atoms with Gasteiger partial charge in [-0.2, -0.15) is 0 Å². The van der Waals surface area contributed by atoms with Crippen LogP contribution in [0.4, 0.5) is 0 Å². The van der Waals surface area contributed by atoms with Crippen molar-refractivity contribution in [3.8, 4) is 5.75 Å². The molecule has 0 amide bonds. The van der Waals surface area contributed by atoms with Gasteiger partial charge in [-0.15, -0.1) is 0 Å². The lowest BCUT2D eigenvalue weighted by molar-refractivity contribution is -0.114. The summed E-state index contributed by atoms with van der Waals surface area (Å²) in [4.78, 5) is 30.7. The average Bonchev–Trinajstić information content (AvgIpc) is 3.29. The third-order valence-electron chi connectivity index (χ3n) is 4.65. The number of carbonyl (C=O) groups is 1. The Morgan fingerprint density at radius 3 is 2.64 bits per heavy atom.